The second-order valence-corrected chi connectivity index (χ2v) is 3.37. The number of alkyl halides is 2. The van der Waals surface area contributed by atoms with Gasteiger partial charge in [-0.15, -0.1) is 0 Å². The van der Waals surface area contributed by atoms with E-state index in [4.69, 9.17) is 0 Å². The molecule has 1 saturated heterocycles. The summed E-state index contributed by atoms with van der Waals surface area (Å²) in [6.45, 7) is 1.75. The fourth-order valence-corrected chi connectivity index (χ4v) is 1.52. The molecule has 2 unspecified atom stereocenters. The molecule has 1 amide bonds. The Morgan fingerprint density at radius 2 is 2.15 bits per heavy atom. The van der Waals surface area contributed by atoms with Gasteiger partial charge in [0, 0.05) is 12.6 Å². The minimum Gasteiger partial charge on any atom is -0.391 e. The molecular weight excluding hydrogens is 180 g/mol. The standard InChI is InChI=1S/C8H13F2NO2/c1-5-2-3-6(12)4-11(5)8(13)7(9)10/h5-7,12H,2-4H2,1H3. The van der Waals surface area contributed by atoms with E-state index in [1.165, 1.54) is 0 Å². The quantitative estimate of drug-likeness (QED) is 0.663. The number of carbonyl (C=O) groups is 1. The predicted molar refractivity (Wildman–Crippen MR) is 42.4 cm³/mol. The van der Waals surface area contributed by atoms with E-state index in [-0.39, 0.29) is 12.6 Å². The predicted octanol–water partition coefficient (Wildman–Crippen LogP) is 0.623. The van der Waals surface area contributed by atoms with Crippen LogP contribution in [0.1, 0.15) is 19.8 Å². The molecule has 0 aromatic heterocycles. The molecule has 1 rings (SSSR count). The van der Waals surface area contributed by atoms with Gasteiger partial charge in [0.1, 0.15) is 0 Å². The Kier molecular flexibility index (Phi) is 3.19. The van der Waals surface area contributed by atoms with Crippen molar-refractivity contribution in [1.29, 1.82) is 0 Å². The van der Waals surface area contributed by atoms with Crippen LogP contribution in [-0.4, -0.2) is 41.0 Å². The van der Waals surface area contributed by atoms with Crippen molar-refractivity contribution in [3.63, 3.8) is 0 Å². The third-order valence-corrected chi connectivity index (χ3v) is 2.33. The van der Waals surface area contributed by atoms with E-state index in [2.05, 4.69) is 0 Å². The van der Waals surface area contributed by atoms with Crippen LogP contribution in [0, 0.1) is 0 Å². The summed E-state index contributed by atoms with van der Waals surface area (Å²) in [7, 11) is 0. The molecule has 1 fully saturated rings. The number of halogens is 2. The number of hydrogen-bond donors (Lipinski definition) is 1. The topological polar surface area (TPSA) is 40.5 Å². The average Bonchev–Trinajstić information content (AvgIpc) is 2.08. The van der Waals surface area contributed by atoms with Crippen molar-refractivity contribution in [2.45, 2.75) is 38.3 Å². The highest BCUT2D eigenvalue weighted by Gasteiger charge is 2.32. The van der Waals surface area contributed by atoms with Gasteiger partial charge in [0.25, 0.3) is 5.91 Å². The van der Waals surface area contributed by atoms with Crippen molar-refractivity contribution in [3.05, 3.63) is 0 Å². The van der Waals surface area contributed by atoms with E-state index in [9.17, 15) is 18.7 Å². The van der Waals surface area contributed by atoms with E-state index in [1.54, 1.807) is 6.92 Å². The van der Waals surface area contributed by atoms with Gasteiger partial charge in [-0.3, -0.25) is 4.79 Å². The molecule has 0 spiro atoms. The van der Waals surface area contributed by atoms with Crippen molar-refractivity contribution in [1.82, 2.24) is 4.90 Å². The monoisotopic (exact) mass is 193 g/mol. The molecule has 0 aliphatic carbocycles. The van der Waals surface area contributed by atoms with Gasteiger partial charge in [-0.05, 0) is 19.8 Å². The zero-order chi connectivity index (χ0) is 10.0. The number of carbonyl (C=O) groups excluding carboxylic acids is 1. The van der Waals surface area contributed by atoms with Crippen LogP contribution >= 0.6 is 0 Å². The molecule has 1 heterocycles. The lowest BCUT2D eigenvalue weighted by Gasteiger charge is -2.35. The van der Waals surface area contributed by atoms with Crippen LogP contribution in [0.4, 0.5) is 8.78 Å². The first-order valence-electron chi connectivity index (χ1n) is 4.29. The van der Waals surface area contributed by atoms with Gasteiger partial charge in [0.15, 0.2) is 0 Å². The molecule has 76 valence electrons. The maximum atomic E-state index is 12.0. The molecule has 0 aromatic carbocycles. The van der Waals surface area contributed by atoms with Crippen molar-refractivity contribution < 1.29 is 18.7 Å². The van der Waals surface area contributed by atoms with E-state index in [0.29, 0.717) is 12.8 Å². The summed E-state index contributed by atoms with van der Waals surface area (Å²) in [5.41, 5.74) is 0. The highest BCUT2D eigenvalue weighted by Crippen LogP contribution is 2.18. The molecule has 1 aliphatic rings. The number of amides is 1. The number of nitrogens with zero attached hydrogens (tertiary/aromatic N) is 1. The van der Waals surface area contributed by atoms with Gasteiger partial charge in [-0.1, -0.05) is 0 Å². The van der Waals surface area contributed by atoms with Crippen LogP contribution in [0.3, 0.4) is 0 Å². The van der Waals surface area contributed by atoms with E-state index < -0.39 is 18.4 Å². The van der Waals surface area contributed by atoms with Gasteiger partial charge < -0.3 is 10.0 Å². The summed E-state index contributed by atoms with van der Waals surface area (Å²) in [6.07, 6.45) is -2.46. The average molecular weight is 193 g/mol. The molecule has 0 saturated carbocycles. The molecule has 1 N–H and O–H groups in total. The van der Waals surface area contributed by atoms with Crippen LogP contribution in [0.5, 0.6) is 0 Å². The second-order valence-electron chi connectivity index (χ2n) is 3.37. The number of β-amino-alcohol motifs (C(OH)–C–C–N with tert-alkyl or cyclic N) is 1. The normalized spacial score (nSPS) is 29.5. The smallest absolute Gasteiger partial charge is 0.315 e. The number of aliphatic hydroxyl groups excluding tert-OH is 1. The Bertz CT molecular complexity index is 199. The first-order valence-corrected chi connectivity index (χ1v) is 4.29. The summed E-state index contributed by atoms with van der Waals surface area (Å²) in [5.74, 6) is -1.17. The fraction of sp³-hybridized carbons (Fsp3) is 0.875. The van der Waals surface area contributed by atoms with Gasteiger partial charge in [-0.25, -0.2) is 0 Å². The van der Waals surface area contributed by atoms with E-state index in [0.717, 1.165) is 4.90 Å². The van der Waals surface area contributed by atoms with Crippen molar-refractivity contribution in [2.75, 3.05) is 6.54 Å². The first kappa shape index (κ1) is 10.4. The third-order valence-electron chi connectivity index (χ3n) is 2.33. The number of rotatable bonds is 1. The Hall–Kier alpha value is -0.710. The Balaban J connectivity index is 2.60. The molecule has 0 bridgehead atoms. The van der Waals surface area contributed by atoms with Crippen molar-refractivity contribution >= 4 is 5.91 Å². The van der Waals surface area contributed by atoms with Gasteiger partial charge >= 0.3 is 6.43 Å². The summed E-state index contributed by atoms with van der Waals surface area (Å²) in [6, 6.07) is -0.190. The number of aliphatic hydroxyl groups is 1. The number of likely N-dealkylation sites (tertiary alicyclic amines) is 1. The lowest BCUT2D eigenvalue weighted by molar-refractivity contribution is -0.148. The molecule has 5 heteroatoms. The van der Waals surface area contributed by atoms with Gasteiger partial charge in [-0.2, -0.15) is 8.78 Å². The molecule has 13 heavy (non-hydrogen) atoms. The molecule has 0 radical (unpaired) electrons. The minimum absolute atomic E-state index is 0.0321. The Morgan fingerprint density at radius 3 is 2.69 bits per heavy atom. The highest BCUT2D eigenvalue weighted by atomic mass is 19.3. The molecular formula is C8H13F2NO2. The summed E-state index contributed by atoms with van der Waals surface area (Å²) < 4.78 is 24.1. The van der Waals surface area contributed by atoms with E-state index in [1.807, 2.05) is 0 Å². The second kappa shape index (κ2) is 4.00. The molecule has 2 atom stereocenters. The summed E-state index contributed by atoms with van der Waals surface area (Å²) in [4.78, 5) is 12.0. The largest absolute Gasteiger partial charge is 0.391 e. The molecule has 1 aliphatic heterocycles. The highest BCUT2D eigenvalue weighted by molar-refractivity contribution is 5.79. The van der Waals surface area contributed by atoms with Crippen LogP contribution in [0.2, 0.25) is 0 Å². The van der Waals surface area contributed by atoms with Crippen LogP contribution in [0.15, 0.2) is 0 Å². The Labute approximate surface area is 75.3 Å². The van der Waals surface area contributed by atoms with Crippen molar-refractivity contribution in [2.24, 2.45) is 0 Å². The van der Waals surface area contributed by atoms with Crippen LogP contribution < -0.4 is 0 Å². The van der Waals surface area contributed by atoms with Crippen molar-refractivity contribution in [3.8, 4) is 0 Å². The first-order chi connectivity index (χ1) is 6.02. The zero-order valence-electron chi connectivity index (χ0n) is 7.41. The van der Waals surface area contributed by atoms with Gasteiger partial charge in [0.05, 0.1) is 6.10 Å². The van der Waals surface area contributed by atoms with E-state index >= 15 is 0 Å². The Morgan fingerprint density at radius 1 is 1.54 bits per heavy atom. The fourth-order valence-electron chi connectivity index (χ4n) is 1.52. The zero-order valence-corrected chi connectivity index (χ0v) is 7.41. The lowest BCUT2D eigenvalue weighted by atomic mass is 10.0. The maximum absolute atomic E-state index is 12.0. The SMILES string of the molecule is CC1CCC(O)CN1C(=O)C(F)F. The number of piperidine rings is 1. The van der Waals surface area contributed by atoms with Crippen LogP contribution in [0.25, 0.3) is 0 Å². The van der Waals surface area contributed by atoms with Gasteiger partial charge in [0.2, 0.25) is 0 Å². The minimum atomic E-state index is -2.97. The molecule has 0 aromatic rings. The number of hydrogen-bond acceptors (Lipinski definition) is 2. The third kappa shape index (κ3) is 2.37. The molecule has 3 nitrogen and oxygen atoms in total. The van der Waals surface area contributed by atoms with Crippen LogP contribution in [-0.2, 0) is 4.79 Å². The lowest BCUT2D eigenvalue weighted by Crippen LogP contribution is -2.49. The summed E-state index contributed by atoms with van der Waals surface area (Å²) >= 11 is 0. The maximum Gasteiger partial charge on any atom is 0.315 e. The summed E-state index contributed by atoms with van der Waals surface area (Å²) in [5, 5.41) is 9.19.